The summed E-state index contributed by atoms with van der Waals surface area (Å²) in [6.07, 6.45) is -0.733. The third-order valence-electron chi connectivity index (χ3n) is 4.72. The first-order chi connectivity index (χ1) is 14.1. The maximum atomic E-state index is 13.5. The predicted octanol–water partition coefficient (Wildman–Crippen LogP) is 4.64. The second-order valence-electron chi connectivity index (χ2n) is 7.15. The molecule has 3 rings (SSSR count). The average Bonchev–Trinajstić information content (AvgIpc) is 3.09. The fourth-order valence-corrected chi connectivity index (χ4v) is 3.84. The molecule has 2 aromatic heterocycles. The summed E-state index contributed by atoms with van der Waals surface area (Å²) < 4.78 is 65.2. The molecule has 0 aliphatic heterocycles. The minimum absolute atomic E-state index is 0.0433. The number of hydrogen-bond donors (Lipinski definition) is 0. The molecular weight excluding hydrogens is 427 g/mol. The summed E-state index contributed by atoms with van der Waals surface area (Å²) in [5, 5.41) is 4.35. The highest BCUT2D eigenvalue weighted by atomic mass is 32.2. The maximum Gasteiger partial charge on any atom is 0.389 e. The Morgan fingerprint density at radius 3 is 2.70 bits per heavy atom. The van der Waals surface area contributed by atoms with E-state index in [4.69, 9.17) is 0 Å². The lowest BCUT2D eigenvalue weighted by Crippen LogP contribution is -2.34. The Balaban J connectivity index is 1.70. The lowest BCUT2D eigenvalue weighted by atomic mass is 10.2. The number of amides is 1. The number of carbonyl (C=O) groups is 1. The van der Waals surface area contributed by atoms with E-state index in [1.165, 1.54) is 9.58 Å². The molecule has 1 aliphatic carbocycles. The van der Waals surface area contributed by atoms with Crippen molar-refractivity contribution >= 4 is 23.4 Å². The fourth-order valence-electron chi connectivity index (χ4n) is 2.94. The molecule has 0 bridgehead atoms. The number of carbonyl (C=O) groups excluding carboxylic acids is 1. The number of halogens is 5. The van der Waals surface area contributed by atoms with Crippen LogP contribution < -0.4 is 4.90 Å². The Hall–Kier alpha value is -2.17. The van der Waals surface area contributed by atoms with E-state index < -0.39 is 30.3 Å². The van der Waals surface area contributed by atoms with Crippen molar-refractivity contribution in [1.82, 2.24) is 14.8 Å². The molecule has 1 amide bonds. The Kier molecular flexibility index (Phi) is 6.68. The van der Waals surface area contributed by atoms with E-state index in [0.29, 0.717) is 17.1 Å². The molecule has 0 radical (unpaired) electrons. The highest BCUT2D eigenvalue weighted by Gasteiger charge is 2.57. The Morgan fingerprint density at radius 1 is 1.37 bits per heavy atom. The number of pyridine rings is 1. The second kappa shape index (κ2) is 8.91. The zero-order valence-corrected chi connectivity index (χ0v) is 17.0. The molecule has 1 saturated carbocycles. The molecule has 11 heteroatoms. The minimum atomic E-state index is -4.24. The number of thioether (sulfide) groups is 1. The molecule has 1 fully saturated rings. The average molecular weight is 448 g/mol. The van der Waals surface area contributed by atoms with Gasteiger partial charge < -0.3 is 4.90 Å². The van der Waals surface area contributed by atoms with Crippen LogP contribution in [0.15, 0.2) is 30.7 Å². The minimum Gasteiger partial charge on any atom is -0.309 e. The summed E-state index contributed by atoms with van der Waals surface area (Å²) in [7, 11) is 0. The van der Waals surface area contributed by atoms with Crippen molar-refractivity contribution in [3.63, 3.8) is 0 Å². The van der Waals surface area contributed by atoms with Gasteiger partial charge in [-0.15, -0.1) is 0 Å². The predicted molar refractivity (Wildman–Crippen MR) is 104 cm³/mol. The smallest absolute Gasteiger partial charge is 0.309 e. The van der Waals surface area contributed by atoms with Crippen LogP contribution in [0.2, 0.25) is 0 Å². The Bertz CT molecular complexity index is 872. The van der Waals surface area contributed by atoms with E-state index >= 15 is 0 Å². The van der Waals surface area contributed by atoms with Crippen molar-refractivity contribution < 1.29 is 26.7 Å². The van der Waals surface area contributed by atoms with Gasteiger partial charge in [0.15, 0.2) is 0 Å². The lowest BCUT2D eigenvalue weighted by molar-refractivity contribution is -0.129. The first kappa shape index (κ1) is 22.5. The van der Waals surface area contributed by atoms with Crippen molar-refractivity contribution in [3.05, 3.63) is 36.4 Å². The van der Waals surface area contributed by atoms with Crippen LogP contribution in [0.4, 0.5) is 27.6 Å². The van der Waals surface area contributed by atoms with Crippen molar-refractivity contribution in [3.8, 4) is 5.69 Å². The quantitative estimate of drug-likeness (QED) is 0.414. The van der Waals surface area contributed by atoms with Gasteiger partial charge in [-0.3, -0.25) is 9.78 Å². The third-order valence-corrected chi connectivity index (χ3v) is 5.71. The third kappa shape index (κ3) is 5.93. The zero-order valence-electron chi connectivity index (χ0n) is 16.2. The van der Waals surface area contributed by atoms with Crippen molar-refractivity contribution in [2.45, 2.75) is 38.3 Å². The summed E-state index contributed by atoms with van der Waals surface area (Å²) >= 11 is 1.02. The molecule has 2 aromatic rings. The lowest BCUT2D eigenvalue weighted by Gasteiger charge is -2.22. The van der Waals surface area contributed by atoms with Gasteiger partial charge in [0, 0.05) is 43.0 Å². The van der Waals surface area contributed by atoms with Gasteiger partial charge in [-0.1, -0.05) is 0 Å². The zero-order chi connectivity index (χ0) is 21.9. The largest absolute Gasteiger partial charge is 0.389 e. The summed E-state index contributed by atoms with van der Waals surface area (Å²) in [5.74, 6) is -4.10. The molecule has 164 valence electrons. The van der Waals surface area contributed by atoms with Crippen molar-refractivity contribution in [1.29, 1.82) is 0 Å². The second-order valence-corrected chi connectivity index (χ2v) is 8.37. The first-order valence-corrected chi connectivity index (χ1v) is 10.5. The van der Waals surface area contributed by atoms with Crippen LogP contribution in [0.5, 0.6) is 0 Å². The molecular formula is C19H21F5N4OS. The number of rotatable bonds is 9. The van der Waals surface area contributed by atoms with Crippen LogP contribution in [0.25, 0.3) is 5.69 Å². The summed E-state index contributed by atoms with van der Waals surface area (Å²) in [6.45, 7) is 1.52. The van der Waals surface area contributed by atoms with Gasteiger partial charge in [-0.05, 0) is 19.1 Å². The highest BCUT2D eigenvalue weighted by molar-refractivity contribution is 7.99. The SMILES string of the molecule is Cc1nn(-c2cccnc2)cc1N(CC1CC1(F)F)C(=O)CCSCCC(F)(F)F. The van der Waals surface area contributed by atoms with E-state index in [-0.39, 0.29) is 30.9 Å². The number of anilines is 1. The Morgan fingerprint density at radius 2 is 2.10 bits per heavy atom. The van der Waals surface area contributed by atoms with E-state index in [2.05, 4.69) is 10.1 Å². The highest BCUT2D eigenvalue weighted by Crippen LogP contribution is 2.49. The van der Waals surface area contributed by atoms with Crippen LogP contribution >= 0.6 is 11.8 Å². The van der Waals surface area contributed by atoms with Gasteiger partial charge in [0.1, 0.15) is 0 Å². The van der Waals surface area contributed by atoms with E-state index in [9.17, 15) is 26.7 Å². The molecule has 2 heterocycles. The molecule has 0 spiro atoms. The fraction of sp³-hybridized carbons (Fsp3) is 0.526. The van der Waals surface area contributed by atoms with Crippen molar-refractivity contribution in [2.75, 3.05) is 23.0 Å². The van der Waals surface area contributed by atoms with Crippen LogP contribution in [0, 0.1) is 12.8 Å². The molecule has 0 aromatic carbocycles. The molecule has 1 atom stereocenters. The topological polar surface area (TPSA) is 51.0 Å². The van der Waals surface area contributed by atoms with E-state index in [1.54, 1.807) is 37.6 Å². The molecule has 5 nitrogen and oxygen atoms in total. The van der Waals surface area contributed by atoms with E-state index in [0.717, 1.165) is 11.8 Å². The van der Waals surface area contributed by atoms with Gasteiger partial charge in [-0.25, -0.2) is 13.5 Å². The first-order valence-electron chi connectivity index (χ1n) is 9.36. The molecule has 0 N–H and O–H groups in total. The number of aromatic nitrogens is 3. The summed E-state index contributed by atoms with van der Waals surface area (Å²) in [4.78, 5) is 18.1. The molecule has 1 aliphatic rings. The van der Waals surface area contributed by atoms with Gasteiger partial charge in [0.2, 0.25) is 5.91 Å². The van der Waals surface area contributed by atoms with E-state index in [1.807, 2.05) is 0 Å². The summed E-state index contributed by atoms with van der Waals surface area (Å²) in [6, 6.07) is 3.49. The Labute approximate surface area is 174 Å². The number of alkyl halides is 5. The normalized spacial score (nSPS) is 17.7. The summed E-state index contributed by atoms with van der Waals surface area (Å²) in [5.41, 5.74) is 1.55. The molecule has 1 unspecified atom stereocenters. The van der Waals surface area contributed by atoms with Crippen LogP contribution in [-0.2, 0) is 4.79 Å². The monoisotopic (exact) mass is 448 g/mol. The standard InChI is InChI=1S/C19H21F5N4OS/c1-13-16(12-28(26-13)15-3-2-6-25-10-15)27(11-14-9-18(14,20)21)17(29)4-7-30-8-5-19(22,23)24/h2-3,6,10,12,14H,4-5,7-9,11H2,1H3. The molecule has 30 heavy (non-hydrogen) atoms. The number of nitrogens with zero attached hydrogens (tertiary/aromatic N) is 4. The van der Waals surface area contributed by atoms with Gasteiger partial charge >= 0.3 is 6.18 Å². The van der Waals surface area contributed by atoms with Crippen LogP contribution in [-0.4, -0.2) is 50.8 Å². The molecule has 0 saturated heterocycles. The maximum absolute atomic E-state index is 13.5. The number of aryl methyl sites for hydroxylation is 1. The van der Waals surface area contributed by atoms with Crippen LogP contribution in [0.1, 0.15) is 25.0 Å². The van der Waals surface area contributed by atoms with Gasteiger partial charge in [0.25, 0.3) is 5.92 Å². The van der Waals surface area contributed by atoms with Gasteiger partial charge in [0.05, 0.1) is 35.9 Å². The van der Waals surface area contributed by atoms with Crippen LogP contribution in [0.3, 0.4) is 0 Å². The van der Waals surface area contributed by atoms with Crippen molar-refractivity contribution in [2.24, 2.45) is 5.92 Å². The van der Waals surface area contributed by atoms with Gasteiger partial charge in [-0.2, -0.15) is 30.0 Å². The number of hydrogen-bond acceptors (Lipinski definition) is 4.